The van der Waals surface area contributed by atoms with Crippen LogP contribution in [-0.2, 0) is 0 Å². The molecule has 1 aromatic rings. The van der Waals surface area contributed by atoms with Gasteiger partial charge in [-0.15, -0.1) is 11.3 Å². The molecule has 0 fully saturated rings. The zero-order valence-corrected chi connectivity index (χ0v) is 8.64. The molecular weight excluding hydrogens is 196 g/mol. The molecule has 0 aliphatic heterocycles. The lowest BCUT2D eigenvalue weighted by atomic mass is 9.99. The minimum absolute atomic E-state index is 0.437. The molecule has 0 radical (unpaired) electrons. The summed E-state index contributed by atoms with van der Waals surface area (Å²) in [7, 11) is 0. The largest absolute Gasteiger partial charge is 0.477 e. The Hall–Kier alpha value is -1.09. The summed E-state index contributed by atoms with van der Waals surface area (Å²) < 4.78 is 0. The van der Waals surface area contributed by atoms with Gasteiger partial charge in [0.25, 0.3) is 0 Å². The second kappa shape index (κ2) is 3.96. The SMILES string of the molecule is O=C(O)c1ccc(C2=CCCCC2)s1. The second-order valence-corrected chi connectivity index (χ2v) is 4.53. The van der Waals surface area contributed by atoms with Gasteiger partial charge in [0.1, 0.15) is 4.88 Å². The van der Waals surface area contributed by atoms with E-state index in [1.54, 1.807) is 6.07 Å². The van der Waals surface area contributed by atoms with Crippen LogP contribution >= 0.6 is 11.3 Å². The normalized spacial score (nSPS) is 16.4. The maximum Gasteiger partial charge on any atom is 0.345 e. The van der Waals surface area contributed by atoms with Crippen molar-refractivity contribution in [1.82, 2.24) is 0 Å². The fourth-order valence-corrected chi connectivity index (χ4v) is 2.60. The van der Waals surface area contributed by atoms with Crippen LogP contribution in [0.5, 0.6) is 0 Å². The minimum Gasteiger partial charge on any atom is -0.477 e. The molecule has 3 heteroatoms. The third-order valence-electron chi connectivity index (χ3n) is 2.42. The topological polar surface area (TPSA) is 37.3 Å². The molecule has 2 nitrogen and oxygen atoms in total. The van der Waals surface area contributed by atoms with Crippen LogP contribution in [0.15, 0.2) is 18.2 Å². The molecular formula is C11H12O2S. The molecule has 0 unspecified atom stereocenters. The van der Waals surface area contributed by atoms with Crippen LogP contribution in [-0.4, -0.2) is 11.1 Å². The van der Waals surface area contributed by atoms with Gasteiger partial charge in [0.05, 0.1) is 0 Å². The van der Waals surface area contributed by atoms with Crippen molar-refractivity contribution in [1.29, 1.82) is 0 Å². The number of aromatic carboxylic acids is 1. The summed E-state index contributed by atoms with van der Waals surface area (Å²) in [6, 6.07) is 3.61. The average molecular weight is 208 g/mol. The van der Waals surface area contributed by atoms with E-state index < -0.39 is 5.97 Å². The number of carboxylic acid groups (broad SMARTS) is 1. The molecule has 1 N–H and O–H groups in total. The van der Waals surface area contributed by atoms with Crippen molar-refractivity contribution in [2.45, 2.75) is 25.7 Å². The predicted molar refractivity (Wildman–Crippen MR) is 57.7 cm³/mol. The average Bonchev–Trinajstić information content (AvgIpc) is 2.68. The van der Waals surface area contributed by atoms with E-state index >= 15 is 0 Å². The molecule has 74 valence electrons. The third-order valence-corrected chi connectivity index (χ3v) is 3.57. The van der Waals surface area contributed by atoms with Crippen molar-refractivity contribution >= 4 is 22.9 Å². The van der Waals surface area contributed by atoms with Gasteiger partial charge < -0.3 is 5.11 Å². The molecule has 1 aromatic heterocycles. The Morgan fingerprint density at radius 1 is 1.36 bits per heavy atom. The number of hydrogen-bond donors (Lipinski definition) is 1. The van der Waals surface area contributed by atoms with Crippen molar-refractivity contribution in [3.63, 3.8) is 0 Å². The van der Waals surface area contributed by atoms with E-state index in [9.17, 15) is 4.79 Å². The van der Waals surface area contributed by atoms with Crippen molar-refractivity contribution in [2.24, 2.45) is 0 Å². The molecule has 0 bridgehead atoms. The van der Waals surface area contributed by atoms with E-state index in [0.717, 1.165) is 17.7 Å². The van der Waals surface area contributed by atoms with Crippen LogP contribution in [0.3, 0.4) is 0 Å². The van der Waals surface area contributed by atoms with Crippen LogP contribution in [0.25, 0.3) is 5.57 Å². The summed E-state index contributed by atoms with van der Waals surface area (Å²) in [5.41, 5.74) is 1.33. The van der Waals surface area contributed by atoms with E-state index in [-0.39, 0.29) is 0 Å². The summed E-state index contributed by atoms with van der Waals surface area (Å²) in [4.78, 5) is 12.3. The lowest BCUT2D eigenvalue weighted by Crippen LogP contribution is -1.90. The molecule has 14 heavy (non-hydrogen) atoms. The summed E-state index contributed by atoms with van der Waals surface area (Å²) >= 11 is 1.38. The van der Waals surface area contributed by atoms with Gasteiger partial charge in [0.15, 0.2) is 0 Å². The Bertz CT molecular complexity index is 376. The molecule has 0 amide bonds. The highest BCUT2D eigenvalue weighted by atomic mass is 32.1. The van der Waals surface area contributed by atoms with Gasteiger partial charge in [-0.25, -0.2) is 4.79 Å². The number of carboxylic acids is 1. The fraction of sp³-hybridized carbons (Fsp3) is 0.364. The Balaban J connectivity index is 2.23. The van der Waals surface area contributed by atoms with E-state index in [4.69, 9.17) is 5.11 Å². The van der Waals surface area contributed by atoms with Crippen LogP contribution in [0.1, 0.15) is 40.2 Å². The van der Waals surface area contributed by atoms with Gasteiger partial charge >= 0.3 is 5.97 Å². The second-order valence-electron chi connectivity index (χ2n) is 3.44. The smallest absolute Gasteiger partial charge is 0.345 e. The lowest BCUT2D eigenvalue weighted by Gasteiger charge is -2.10. The molecule has 0 aromatic carbocycles. The highest BCUT2D eigenvalue weighted by Crippen LogP contribution is 2.31. The van der Waals surface area contributed by atoms with Crippen molar-refractivity contribution in [3.05, 3.63) is 28.0 Å². The number of carbonyl (C=O) groups is 1. The van der Waals surface area contributed by atoms with E-state index in [1.807, 2.05) is 6.07 Å². The van der Waals surface area contributed by atoms with Crippen molar-refractivity contribution in [2.75, 3.05) is 0 Å². The Kier molecular flexibility index (Phi) is 2.68. The van der Waals surface area contributed by atoms with Crippen molar-refractivity contribution < 1.29 is 9.90 Å². The maximum atomic E-state index is 10.7. The van der Waals surface area contributed by atoms with Gasteiger partial charge in [0.2, 0.25) is 0 Å². The highest BCUT2D eigenvalue weighted by molar-refractivity contribution is 7.15. The number of allylic oxidation sites excluding steroid dienone is 2. The van der Waals surface area contributed by atoms with Crippen LogP contribution in [0.2, 0.25) is 0 Å². The first kappa shape index (κ1) is 9.46. The quantitative estimate of drug-likeness (QED) is 0.808. The molecule has 1 aliphatic rings. The van der Waals surface area contributed by atoms with Crippen LogP contribution < -0.4 is 0 Å². The van der Waals surface area contributed by atoms with E-state index in [0.29, 0.717) is 4.88 Å². The molecule has 1 aliphatic carbocycles. The summed E-state index contributed by atoms with van der Waals surface area (Å²) in [5.74, 6) is -0.822. The number of thiophene rings is 1. The van der Waals surface area contributed by atoms with Crippen LogP contribution in [0, 0.1) is 0 Å². The minimum atomic E-state index is -0.822. The first-order chi connectivity index (χ1) is 6.77. The van der Waals surface area contributed by atoms with Gasteiger partial charge in [-0.3, -0.25) is 0 Å². The lowest BCUT2D eigenvalue weighted by molar-refractivity contribution is 0.0702. The van der Waals surface area contributed by atoms with E-state index in [1.165, 1.54) is 29.8 Å². The maximum absolute atomic E-state index is 10.7. The van der Waals surface area contributed by atoms with Gasteiger partial charge in [-0.2, -0.15) is 0 Å². The molecule has 1 heterocycles. The number of hydrogen-bond acceptors (Lipinski definition) is 2. The Morgan fingerprint density at radius 3 is 2.79 bits per heavy atom. The predicted octanol–water partition coefficient (Wildman–Crippen LogP) is 3.40. The van der Waals surface area contributed by atoms with Gasteiger partial charge in [-0.1, -0.05) is 6.08 Å². The molecule has 0 saturated carbocycles. The Labute approximate surface area is 86.9 Å². The number of rotatable bonds is 2. The summed E-state index contributed by atoms with van der Waals surface area (Å²) in [6.07, 6.45) is 6.96. The van der Waals surface area contributed by atoms with Crippen molar-refractivity contribution in [3.8, 4) is 0 Å². The van der Waals surface area contributed by atoms with Gasteiger partial charge in [-0.05, 0) is 43.4 Å². The zero-order chi connectivity index (χ0) is 9.97. The fourth-order valence-electron chi connectivity index (χ4n) is 1.69. The van der Waals surface area contributed by atoms with E-state index in [2.05, 4.69) is 6.08 Å². The standard InChI is InChI=1S/C11H12O2S/c12-11(13)10-7-6-9(14-10)8-4-2-1-3-5-8/h4,6-7H,1-3,5H2,(H,12,13). The van der Waals surface area contributed by atoms with Crippen LogP contribution in [0.4, 0.5) is 0 Å². The zero-order valence-electron chi connectivity index (χ0n) is 7.82. The molecule has 0 saturated heterocycles. The van der Waals surface area contributed by atoms with Gasteiger partial charge in [0, 0.05) is 4.88 Å². The molecule has 0 spiro atoms. The highest BCUT2D eigenvalue weighted by Gasteiger charge is 2.11. The summed E-state index contributed by atoms with van der Waals surface area (Å²) in [5, 5.41) is 8.79. The molecule has 2 rings (SSSR count). The first-order valence-corrected chi connectivity index (χ1v) is 5.61. The summed E-state index contributed by atoms with van der Waals surface area (Å²) in [6.45, 7) is 0. The first-order valence-electron chi connectivity index (χ1n) is 4.80. The monoisotopic (exact) mass is 208 g/mol. The Morgan fingerprint density at radius 2 is 2.21 bits per heavy atom. The third kappa shape index (κ3) is 1.87. The molecule has 0 atom stereocenters.